The van der Waals surface area contributed by atoms with E-state index in [1.165, 1.54) is 128 Å². The topological polar surface area (TPSA) is 479 Å². The average Bonchev–Trinajstić information content (AvgIpc) is 0.802. The summed E-state index contributed by atoms with van der Waals surface area (Å²) in [4.78, 5) is 135. The van der Waals surface area contributed by atoms with Gasteiger partial charge in [0, 0.05) is 0 Å². The van der Waals surface area contributed by atoms with Crippen molar-refractivity contribution in [3.05, 3.63) is 0 Å². The molecule has 0 aromatic carbocycles. The molecule has 109 heavy (non-hydrogen) atoms. The molecule has 29 heteroatoms. The molecular formula is C80H156N16O12Sn. The summed E-state index contributed by atoms with van der Waals surface area (Å²) in [7, 11) is 0. The van der Waals surface area contributed by atoms with Gasteiger partial charge in [-0.25, -0.2) is 0 Å². The molecule has 0 spiro atoms. The van der Waals surface area contributed by atoms with E-state index in [1.54, 1.807) is 0 Å². The van der Waals surface area contributed by atoms with Crippen molar-refractivity contribution in [1.82, 2.24) is 21.3 Å². The SMILES string of the molecule is CCCCCCCCCCCCCC(=O)N[C@@H](CCCN=C(N)N)C(=O)[O][Sn]([O]C(=O)[C@H](CCCN=C(N)N)NC(=O)CCCCCCCCCCCCC)([O]C(=O)[C@H](CCCN=C(N)N)NC(=O)CCCCCCCCCCCCC)[O]C(=O)[C@H](CCCN=C(N)N)NC(=O)CCCCCCCCCCCCC. The maximum absolute atomic E-state index is 15.5. The number of hydrogen-bond donors (Lipinski definition) is 12. The number of rotatable bonds is 76. The van der Waals surface area contributed by atoms with E-state index in [1.807, 2.05) is 0 Å². The second-order valence-electron chi connectivity index (χ2n) is 29.6. The molecule has 28 nitrogen and oxygen atoms in total. The number of amides is 4. The smallest absolute Gasteiger partial charge is 0.0654 e. The number of nitrogens with one attached hydrogen (secondary N) is 4. The number of unbranched alkanes of at least 4 members (excludes halogenated alkanes) is 40. The van der Waals surface area contributed by atoms with Crippen molar-refractivity contribution >= 4 is 91.4 Å². The van der Waals surface area contributed by atoms with Crippen molar-refractivity contribution in [3.8, 4) is 0 Å². The van der Waals surface area contributed by atoms with Gasteiger partial charge in [-0.1, -0.05) is 156 Å². The van der Waals surface area contributed by atoms with Gasteiger partial charge >= 0.3 is 511 Å². The Balaban J connectivity index is 8.25. The van der Waals surface area contributed by atoms with Crippen LogP contribution in [0.25, 0.3) is 0 Å². The molecule has 0 radical (unpaired) electrons. The van der Waals surface area contributed by atoms with Gasteiger partial charge in [-0.05, 0) is 0 Å². The zero-order chi connectivity index (χ0) is 80.6. The van der Waals surface area contributed by atoms with Gasteiger partial charge in [0.1, 0.15) is 0 Å². The Hall–Kier alpha value is -6.36. The molecule has 20 N–H and O–H groups in total. The molecular weight excluding hydrogens is 1500 g/mol. The third kappa shape index (κ3) is 63.9. The van der Waals surface area contributed by atoms with Crippen molar-refractivity contribution < 1.29 is 50.7 Å². The van der Waals surface area contributed by atoms with Crippen LogP contribution in [0.1, 0.15) is 387 Å². The summed E-state index contributed by atoms with van der Waals surface area (Å²) >= 11 is -7.48. The summed E-state index contributed by atoms with van der Waals surface area (Å²) in [5.74, 6) is -8.53. The molecule has 0 aliphatic carbocycles. The molecule has 0 bridgehead atoms. The Morgan fingerprint density at radius 2 is 0.385 bits per heavy atom. The van der Waals surface area contributed by atoms with Crippen molar-refractivity contribution in [2.75, 3.05) is 26.2 Å². The zero-order valence-electron chi connectivity index (χ0n) is 68.5. The molecule has 4 atom stereocenters. The zero-order valence-corrected chi connectivity index (χ0v) is 71.4. The fraction of sp³-hybridized carbons (Fsp3) is 0.850. The Morgan fingerprint density at radius 3 is 0.532 bits per heavy atom. The number of hydrogen-bond acceptors (Lipinski definition) is 16. The molecule has 0 heterocycles. The van der Waals surface area contributed by atoms with E-state index in [0.717, 1.165) is 128 Å². The predicted molar refractivity (Wildman–Crippen MR) is 442 cm³/mol. The van der Waals surface area contributed by atoms with Gasteiger partial charge in [0.15, 0.2) is 0 Å². The molecule has 0 aliphatic heterocycles. The summed E-state index contributed by atoms with van der Waals surface area (Å²) in [6, 6.07) is -6.43. The number of aliphatic imine (C=N–C) groups is 4. The minimum Gasteiger partial charge on any atom is -0.0654 e. The van der Waals surface area contributed by atoms with Gasteiger partial charge in [0.2, 0.25) is 0 Å². The van der Waals surface area contributed by atoms with E-state index < -0.39 is 91.7 Å². The first-order chi connectivity index (χ1) is 52.6. The van der Waals surface area contributed by atoms with Crippen molar-refractivity contribution in [2.24, 2.45) is 65.8 Å². The van der Waals surface area contributed by atoms with Crippen LogP contribution in [0.3, 0.4) is 0 Å². The summed E-state index contributed by atoms with van der Waals surface area (Å²) in [6.45, 7) is 8.70. The van der Waals surface area contributed by atoms with E-state index in [2.05, 4.69) is 68.9 Å². The van der Waals surface area contributed by atoms with Crippen LogP contribution in [-0.2, 0) is 50.7 Å². The van der Waals surface area contributed by atoms with E-state index in [-0.39, 0.29) is 127 Å². The predicted octanol–water partition coefficient (Wildman–Crippen LogP) is 12.6. The van der Waals surface area contributed by atoms with Crippen LogP contribution >= 0.6 is 0 Å². The van der Waals surface area contributed by atoms with Crippen molar-refractivity contribution in [1.29, 1.82) is 0 Å². The van der Waals surface area contributed by atoms with Gasteiger partial charge in [0.25, 0.3) is 0 Å². The number of nitrogens with zero attached hydrogens (tertiary/aromatic N) is 4. The summed E-state index contributed by atoms with van der Waals surface area (Å²) in [6.07, 6.45) is 44.9. The molecule has 632 valence electrons. The molecule has 0 saturated heterocycles. The molecule has 0 unspecified atom stereocenters. The average molecular weight is 1650 g/mol. The van der Waals surface area contributed by atoms with Crippen LogP contribution in [0, 0.1) is 0 Å². The maximum atomic E-state index is 15.5. The Kier molecular flexibility index (Phi) is 67.7. The molecule has 0 saturated carbocycles. The fourth-order valence-electron chi connectivity index (χ4n) is 12.8. The second-order valence-corrected chi connectivity index (χ2v) is 34.8. The molecule has 0 aromatic heterocycles. The third-order valence-electron chi connectivity index (χ3n) is 19.2. The first-order valence-electron chi connectivity index (χ1n) is 42.9. The first-order valence-corrected chi connectivity index (χ1v) is 47.6. The number of guanidine groups is 4. The molecule has 0 aromatic rings. The van der Waals surface area contributed by atoms with Gasteiger partial charge < -0.3 is 0 Å². The fourth-order valence-corrected chi connectivity index (χ4v) is 17.9. The van der Waals surface area contributed by atoms with E-state index in [9.17, 15) is 19.2 Å². The molecule has 4 amide bonds. The van der Waals surface area contributed by atoms with Crippen LogP contribution < -0.4 is 67.1 Å². The van der Waals surface area contributed by atoms with Gasteiger partial charge in [-0.15, -0.1) is 0 Å². The number of carbonyl (C=O) groups excluding carboxylic acids is 8. The Labute approximate surface area is 663 Å². The van der Waals surface area contributed by atoms with Crippen LogP contribution in [0.4, 0.5) is 0 Å². The van der Waals surface area contributed by atoms with E-state index >= 15 is 19.2 Å². The third-order valence-corrected chi connectivity index (χ3v) is 24.3. The van der Waals surface area contributed by atoms with Crippen LogP contribution in [0.15, 0.2) is 20.0 Å². The normalized spacial score (nSPS) is 12.3. The second kappa shape index (κ2) is 71.9. The van der Waals surface area contributed by atoms with Gasteiger partial charge in [0.05, 0.1) is 0 Å². The molecule has 0 fully saturated rings. The first kappa shape index (κ1) is 103. The van der Waals surface area contributed by atoms with E-state index in [4.69, 9.17) is 58.2 Å². The summed E-state index contributed by atoms with van der Waals surface area (Å²) in [5, 5.41) is 11.0. The minimum absolute atomic E-state index is 0.00332. The van der Waals surface area contributed by atoms with Crippen molar-refractivity contribution in [2.45, 2.75) is 411 Å². The van der Waals surface area contributed by atoms with Crippen LogP contribution in [0.5, 0.6) is 0 Å². The van der Waals surface area contributed by atoms with Crippen molar-refractivity contribution in [3.63, 3.8) is 0 Å². The monoisotopic (exact) mass is 1650 g/mol. The standard InChI is InChI=1S/4C20H40N4O3.Sn/c4*1-2-3-4-5-6-7-8-9-10-11-12-15-18(25)24-17(19(26)27)14-13-16-23-20(21)22;/h4*17H,2-16H2,1H3,(H,24,25)(H,26,27)(H4,21,22,23);/q;;;;+4/p-4/t4*17-;/m0000./s1. The summed E-state index contributed by atoms with van der Waals surface area (Å²) < 4.78 is 25.2. The summed E-state index contributed by atoms with van der Waals surface area (Å²) in [5.41, 5.74) is 45.7. The van der Waals surface area contributed by atoms with Crippen LogP contribution in [0.2, 0.25) is 0 Å². The van der Waals surface area contributed by atoms with Crippen LogP contribution in [-0.4, -0.2) is 142 Å². The number of carbonyl (C=O) groups is 8. The van der Waals surface area contributed by atoms with E-state index in [0.29, 0.717) is 25.7 Å². The molecule has 0 rings (SSSR count). The number of nitrogens with two attached hydrogens (primary N) is 8. The van der Waals surface area contributed by atoms with Gasteiger partial charge in [-0.2, -0.15) is 0 Å². The minimum atomic E-state index is -7.48. The molecule has 0 aliphatic rings. The Morgan fingerprint density at radius 1 is 0.239 bits per heavy atom. The Bertz CT molecular complexity index is 2170. The van der Waals surface area contributed by atoms with Gasteiger partial charge in [-0.3, -0.25) is 0 Å². The quantitative estimate of drug-likeness (QED) is 0.0116.